The Labute approximate surface area is 121 Å². The van der Waals surface area contributed by atoms with Crippen LogP contribution in [0.5, 0.6) is 0 Å². The van der Waals surface area contributed by atoms with Crippen molar-refractivity contribution >= 4 is 6.08 Å². The number of unbranched alkanes of at least 4 members (excludes halogenated alkanes) is 3. The molecular weight excluding hydrogens is 251 g/mol. The molecule has 0 atom stereocenters. The third-order valence-corrected chi connectivity index (χ3v) is 3.22. The van der Waals surface area contributed by atoms with Crippen molar-refractivity contribution in [2.24, 2.45) is 0 Å². The fourth-order valence-corrected chi connectivity index (χ4v) is 2.08. The topological polar surface area (TPSA) is 20.2 Å². The van der Waals surface area contributed by atoms with Crippen molar-refractivity contribution in [2.45, 2.75) is 46.0 Å². The van der Waals surface area contributed by atoms with E-state index in [0.29, 0.717) is 0 Å². The van der Waals surface area contributed by atoms with Crippen LogP contribution in [0.4, 0.5) is 4.39 Å². The molecule has 0 aromatic heterocycles. The fraction of sp³-hybridized carbons (Fsp3) is 0.444. The molecule has 20 heavy (non-hydrogen) atoms. The molecule has 0 aliphatic carbocycles. The first kappa shape index (κ1) is 16.6. The Hall–Kier alpha value is -1.41. The van der Waals surface area contributed by atoms with Crippen LogP contribution in [0, 0.1) is 5.82 Å². The molecular formula is C18H25FO. The Bertz CT molecular complexity index is 443. The van der Waals surface area contributed by atoms with Gasteiger partial charge in [-0.2, -0.15) is 0 Å². The van der Waals surface area contributed by atoms with E-state index < -0.39 is 0 Å². The van der Waals surface area contributed by atoms with Gasteiger partial charge in [-0.15, -0.1) is 0 Å². The van der Waals surface area contributed by atoms with E-state index in [0.717, 1.165) is 24.0 Å². The first-order valence-electron chi connectivity index (χ1n) is 7.40. The zero-order valence-electron chi connectivity index (χ0n) is 12.5. The highest BCUT2D eigenvalue weighted by molar-refractivity contribution is 5.56. The maximum atomic E-state index is 12.9. The molecule has 1 N–H and O–H groups in total. The second-order valence-electron chi connectivity index (χ2n) is 5.23. The molecule has 110 valence electrons. The average Bonchev–Trinajstić information content (AvgIpc) is 2.45. The van der Waals surface area contributed by atoms with Crippen LogP contribution in [0.2, 0.25) is 0 Å². The van der Waals surface area contributed by atoms with Gasteiger partial charge in [0.2, 0.25) is 0 Å². The lowest BCUT2D eigenvalue weighted by Crippen LogP contribution is -1.88. The van der Waals surface area contributed by atoms with E-state index in [1.807, 2.05) is 13.0 Å². The van der Waals surface area contributed by atoms with E-state index in [1.165, 1.54) is 37.0 Å². The zero-order valence-corrected chi connectivity index (χ0v) is 12.5. The Balaban J connectivity index is 2.77. The van der Waals surface area contributed by atoms with Gasteiger partial charge < -0.3 is 5.11 Å². The zero-order chi connectivity index (χ0) is 14.8. The van der Waals surface area contributed by atoms with Crippen molar-refractivity contribution in [3.05, 3.63) is 52.9 Å². The molecule has 0 unspecified atom stereocenters. The molecule has 0 spiro atoms. The summed E-state index contributed by atoms with van der Waals surface area (Å²) in [5.41, 5.74) is 3.15. The molecule has 0 saturated carbocycles. The third kappa shape index (κ3) is 6.67. The normalized spacial score (nSPS) is 12.8. The molecule has 0 heterocycles. The van der Waals surface area contributed by atoms with E-state index in [2.05, 4.69) is 13.0 Å². The van der Waals surface area contributed by atoms with Gasteiger partial charge in [0.15, 0.2) is 0 Å². The first-order valence-corrected chi connectivity index (χ1v) is 7.40. The summed E-state index contributed by atoms with van der Waals surface area (Å²) < 4.78 is 12.9. The number of allylic oxidation sites excluding steroid dienone is 2. The third-order valence-electron chi connectivity index (χ3n) is 3.22. The van der Waals surface area contributed by atoms with Crippen LogP contribution in [0.1, 0.15) is 51.5 Å². The van der Waals surface area contributed by atoms with Crippen LogP contribution in [-0.4, -0.2) is 11.7 Å². The second kappa shape index (κ2) is 9.49. The lowest BCUT2D eigenvalue weighted by molar-refractivity contribution is 0.331. The van der Waals surface area contributed by atoms with Crippen LogP contribution >= 0.6 is 0 Å². The predicted octanol–water partition coefficient (Wildman–Crippen LogP) is 5.12. The van der Waals surface area contributed by atoms with Crippen LogP contribution in [-0.2, 0) is 0 Å². The highest BCUT2D eigenvalue weighted by Crippen LogP contribution is 2.17. The summed E-state index contributed by atoms with van der Waals surface area (Å²) >= 11 is 0. The summed E-state index contributed by atoms with van der Waals surface area (Å²) in [6.45, 7) is 4.20. The van der Waals surface area contributed by atoms with E-state index in [1.54, 1.807) is 12.1 Å². The molecule has 1 nitrogen and oxygen atoms in total. The SMILES string of the molecule is CCCCCCC(/C=C(/C)CO)=C\c1ccc(F)cc1. The Morgan fingerprint density at radius 2 is 1.85 bits per heavy atom. The maximum Gasteiger partial charge on any atom is 0.123 e. The van der Waals surface area contributed by atoms with Crippen molar-refractivity contribution in [1.82, 2.24) is 0 Å². The molecule has 0 aliphatic heterocycles. The van der Waals surface area contributed by atoms with Gasteiger partial charge in [-0.1, -0.05) is 50.5 Å². The van der Waals surface area contributed by atoms with Crippen LogP contribution in [0.15, 0.2) is 41.5 Å². The maximum absolute atomic E-state index is 12.9. The Kier molecular flexibility index (Phi) is 7.89. The molecule has 0 bridgehead atoms. The number of benzene rings is 1. The molecule has 1 rings (SSSR count). The molecule has 2 heteroatoms. The minimum Gasteiger partial charge on any atom is -0.392 e. The number of aliphatic hydroxyl groups is 1. The highest BCUT2D eigenvalue weighted by Gasteiger charge is 1.98. The molecule has 0 saturated heterocycles. The van der Waals surface area contributed by atoms with Gasteiger partial charge in [-0.25, -0.2) is 4.39 Å². The number of rotatable bonds is 8. The summed E-state index contributed by atoms with van der Waals surface area (Å²) in [5.74, 6) is -0.214. The van der Waals surface area contributed by atoms with E-state index in [-0.39, 0.29) is 12.4 Å². The first-order chi connectivity index (χ1) is 9.65. The molecule has 0 radical (unpaired) electrons. The highest BCUT2D eigenvalue weighted by atomic mass is 19.1. The predicted molar refractivity (Wildman–Crippen MR) is 84.0 cm³/mol. The van der Waals surface area contributed by atoms with Crippen LogP contribution in [0.3, 0.4) is 0 Å². The largest absolute Gasteiger partial charge is 0.392 e. The number of hydrogen-bond acceptors (Lipinski definition) is 1. The van der Waals surface area contributed by atoms with Crippen molar-refractivity contribution in [2.75, 3.05) is 6.61 Å². The second-order valence-corrected chi connectivity index (χ2v) is 5.23. The van der Waals surface area contributed by atoms with E-state index in [9.17, 15) is 4.39 Å². The Morgan fingerprint density at radius 3 is 2.45 bits per heavy atom. The molecule has 1 aromatic carbocycles. The minimum atomic E-state index is -0.214. The van der Waals surface area contributed by atoms with Crippen LogP contribution < -0.4 is 0 Å². The lowest BCUT2D eigenvalue weighted by Gasteiger charge is -2.05. The molecule has 0 amide bonds. The van der Waals surface area contributed by atoms with Gasteiger partial charge in [0, 0.05) is 0 Å². The van der Waals surface area contributed by atoms with Gasteiger partial charge in [-0.3, -0.25) is 0 Å². The van der Waals surface area contributed by atoms with Gasteiger partial charge in [0.25, 0.3) is 0 Å². The smallest absolute Gasteiger partial charge is 0.123 e. The monoisotopic (exact) mass is 276 g/mol. The van der Waals surface area contributed by atoms with Crippen molar-refractivity contribution < 1.29 is 9.50 Å². The summed E-state index contributed by atoms with van der Waals surface area (Å²) in [6.07, 6.45) is 9.96. The minimum absolute atomic E-state index is 0.0791. The summed E-state index contributed by atoms with van der Waals surface area (Å²) in [5, 5.41) is 9.15. The number of halogens is 1. The molecule has 0 aliphatic rings. The standard InChI is InChI=1S/C18H25FO/c1-3-4-5-6-7-17(12-15(2)14-20)13-16-8-10-18(19)11-9-16/h8-13,20H,3-7,14H2,1-2H3/b15-12-,17-13+. The fourth-order valence-electron chi connectivity index (χ4n) is 2.08. The average molecular weight is 276 g/mol. The number of hydrogen-bond donors (Lipinski definition) is 1. The molecule has 0 fully saturated rings. The van der Waals surface area contributed by atoms with Crippen LogP contribution in [0.25, 0.3) is 6.08 Å². The van der Waals surface area contributed by atoms with Crippen molar-refractivity contribution in [3.63, 3.8) is 0 Å². The van der Waals surface area contributed by atoms with Gasteiger partial charge in [0.1, 0.15) is 5.82 Å². The quantitative estimate of drug-likeness (QED) is 0.516. The van der Waals surface area contributed by atoms with Crippen molar-refractivity contribution in [1.29, 1.82) is 0 Å². The van der Waals surface area contributed by atoms with Gasteiger partial charge in [-0.05, 0) is 48.6 Å². The summed E-state index contributed by atoms with van der Waals surface area (Å²) in [4.78, 5) is 0. The number of aliphatic hydroxyl groups excluding tert-OH is 1. The van der Waals surface area contributed by atoms with E-state index in [4.69, 9.17) is 5.11 Å². The summed E-state index contributed by atoms with van der Waals surface area (Å²) in [6, 6.07) is 6.51. The van der Waals surface area contributed by atoms with Crippen molar-refractivity contribution in [3.8, 4) is 0 Å². The van der Waals surface area contributed by atoms with Gasteiger partial charge in [0.05, 0.1) is 6.61 Å². The summed E-state index contributed by atoms with van der Waals surface area (Å²) in [7, 11) is 0. The Morgan fingerprint density at radius 1 is 1.15 bits per heavy atom. The molecule has 1 aromatic rings. The van der Waals surface area contributed by atoms with E-state index >= 15 is 0 Å². The lowest BCUT2D eigenvalue weighted by atomic mass is 10.0. The van der Waals surface area contributed by atoms with Gasteiger partial charge >= 0.3 is 0 Å².